The SMILES string of the molecule is CC(C(=O)O)N(C)C(=O)CCc1cccs1. The van der Waals surface area contributed by atoms with E-state index in [1.807, 2.05) is 17.5 Å². The smallest absolute Gasteiger partial charge is 0.326 e. The van der Waals surface area contributed by atoms with Crippen LogP contribution < -0.4 is 0 Å². The fraction of sp³-hybridized carbons (Fsp3) is 0.455. The molecule has 0 aliphatic carbocycles. The molecule has 0 aliphatic heterocycles. The first-order valence-corrected chi connectivity index (χ1v) is 5.91. The Kier molecular flexibility index (Phi) is 4.49. The van der Waals surface area contributed by atoms with Gasteiger partial charge in [0.05, 0.1) is 0 Å². The zero-order valence-corrected chi connectivity index (χ0v) is 10.2. The normalized spacial score (nSPS) is 12.1. The number of hydrogen-bond acceptors (Lipinski definition) is 3. The van der Waals surface area contributed by atoms with Gasteiger partial charge in [0.2, 0.25) is 5.91 Å². The molecule has 1 N–H and O–H groups in total. The summed E-state index contributed by atoms with van der Waals surface area (Å²) in [5.74, 6) is -1.12. The number of hydrogen-bond donors (Lipinski definition) is 1. The molecule has 1 aromatic rings. The zero-order valence-electron chi connectivity index (χ0n) is 9.34. The molecule has 4 nitrogen and oxygen atoms in total. The molecule has 1 heterocycles. The summed E-state index contributed by atoms with van der Waals surface area (Å²) in [5, 5.41) is 10.7. The van der Waals surface area contributed by atoms with Crippen molar-refractivity contribution in [1.29, 1.82) is 0 Å². The average molecular weight is 241 g/mol. The van der Waals surface area contributed by atoms with Crippen LogP contribution in [0.4, 0.5) is 0 Å². The molecule has 16 heavy (non-hydrogen) atoms. The number of likely N-dealkylation sites (N-methyl/N-ethyl adjacent to an activating group) is 1. The molecule has 1 rings (SSSR count). The summed E-state index contributed by atoms with van der Waals surface area (Å²) >= 11 is 1.60. The van der Waals surface area contributed by atoms with Gasteiger partial charge in [0.25, 0.3) is 0 Å². The minimum atomic E-state index is -0.980. The van der Waals surface area contributed by atoms with Crippen LogP contribution in [0.25, 0.3) is 0 Å². The molecule has 0 spiro atoms. The minimum absolute atomic E-state index is 0.136. The number of thiophene rings is 1. The first-order valence-electron chi connectivity index (χ1n) is 5.03. The molecule has 0 bridgehead atoms. The molecule has 0 aromatic carbocycles. The predicted octanol–water partition coefficient (Wildman–Crippen LogP) is 1.61. The Bertz CT molecular complexity index is 361. The molecular formula is C11H15NO3S. The second kappa shape index (κ2) is 5.65. The fourth-order valence-corrected chi connectivity index (χ4v) is 1.95. The zero-order chi connectivity index (χ0) is 12.1. The topological polar surface area (TPSA) is 57.6 Å². The molecular weight excluding hydrogens is 226 g/mol. The van der Waals surface area contributed by atoms with Crippen molar-refractivity contribution in [2.24, 2.45) is 0 Å². The van der Waals surface area contributed by atoms with Crippen molar-refractivity contribution >= 4 is 23.2 Å². The van der Waals surface area contributed by atoms with E-state index in [4.69, 9.17) is 5.11 Å². The lowest BCUT2D eigenvalue weighted by atomic mass is 10.2. The van der Waals surface area contributed by atoms with E-state index in [9.17, 15) is 9.59 Å². The summed E-state index contributed by atoms with van der Waals surface area (Å²) in [5.41, 5.74) is 0. The van der Waals surface area contributed by atoms with E-state index in [-0.39, 0.29) is 5.91 Å². The summed E-state index contributed by atoms with van der Waals surface area (Å²) in [4.78, 5) is 24.8. The van der Waals surface area contributed by atoms with E-state index in [1.54, 1.807) is 11.3 Å². The molecule has 0 saturated carbocycles. The predicted molar refractivity (Wildman–Crippen MR) is 62.5 cm³/mol. The second-order valence-electron chi connectivity index (χ2n) is 3.60. The van der Waals surface area contributed by atoms with E-state index in [2.05, 4.69) is 0 Å². The molecule has 0 fully saturated rings. The van der Waals surface area contributed by atoms with Crippen LogP contribution in [0.1, 0.15) is 18.2 Å². The van der Waals surface area contributed by atoms with Gasteiger partial charge in [-0.25, -0.2) is 4.79 Å². The first kappa shape index (κ1) is 12.7. The van der Waals surface area contributed by atoms with Gasteiger partial charge in [-0.05, 0) is 24.8 Å². The van der Waals surface area contributed by atoms with E-state index in [1.165, 1.54) is 18.9 Å². The number of carboxylic acid groups (broad SMARTS) is 1. The lowest BCUT2D eigenvalue weighted by Gasteiger charge is -2.21. The maximum absolute atomic E-state index is 11.7. The van der Waals surface area contributed by atoms with Crippen molar-refractivity contribution in [3.8, 4) is 0 Å². The van der Waals surface area contributed by atoms with Crippen LogP contribution in [0.15, 0.2) is 17.5 Å². The molecule has 1 amide bonds. The third-order valence-electron chi connectivity index (χ3n) is 2.50. The molecule has 0 saturated heterocycles. The second-order valence-corrected chi connectivity index (χ2v) is 4.63. The van der Waals surface area contributed by atoms with E-state index in [0.29, 0.717) is 12.8 Å². The highest BCUT2D eigenvalue weighted by molar-refractivity contribution is 7.09. The Balaban J connectivity index is 2.43. The first-order chi connectivity index (χ1) is 7.52. The molecule has 1 unspecified atom stereocenters. The summed E-state index contributed by atoms with van der Waals surface area (Å²) in [7, 11) is 1.52. The Morgan fingerprint density at radius 1 is 1.56 bits per heavy atom. The number of aliphatic carboxylic acids is 1. The molecule has 5 heteroatoms. The minimum Gasteiger partial charge on any atom is -0.480 e. The maximum atomic E-state index is 11.7. The van der Waals surface area contributed by atoms with Gasteiger partial charge in [0, 0.05) is 18.3 Å². The quantitative estimate of drug-likeness (QED) is 0.852. The highest BCUT2D eigenvalue weighted by Crippen LogP contribution is 2.12. The van der Waals surface area contributed by atoms with Crippen LogP contribution in [-0.2, 0) is 16.0 Å². The van der Waals surface area contributed by atoms with E-state index >= 15 is 0 Å². The Hall–Kier alpha value is -1.36. The highest BCUT2D eigenvalue weighted by Gasteiger charge is 2.21. The van der Waals surface area contributed by atoms with Gasteiger partial charge < -0.3 is 10.0 Å². The molecule has 0 aliphatic rings. The van der Waals surface area contributed by atoms with Gasteiger partial charge in [-0.3, -0.25) is 4.79 Å². The highest BCUT2D eigenvalue weighted by atomic mass is 32.1. The molecule has 1 atom stereocenters. The molecule has 0 radical (unpaired) electrons. The van der Waals surface area contributed by atoms with Crippen LogP contribution in [-0.4, -0.2) is 35.0 Å². The van der Waals surface area contributed by atoms with Gasteiger partial charge in [0.15, 0.2) is 0 Å². The van der Waals surface area contributed by atoms with Crippen LogP contribution in [0.5, 0.6) is 0 Å². The number of carbonyl (C=O) groups excluding carboxylic acids is 1. The standard InChI is InChI=1S/C11H15NO3S/c1-8(11(14)15)12(2)10(13)6-5-9-4-3-7-16-9/h3-4,7-8H,5-6H2,1-2H3,(H,14,15). The van der Waals surface area contributed by atoms with Crippen molar-refractivity contribution in [2.45, 2.75) is 25.8 Å². The largest absolute Gasteiger partial charge is 0.480 e. The summed E-state index contributed by atoms with van der Waals surface area (Å²) in [6.45, 7) is 1.51. The Labute approximate surface area is 98.5 Å². The van der Waals surface area contributed by atoms with Crippen molar-refractivity contribution < 1.29 is 14.7 Å². The van der Waals surface area contributed by atoms with Crippen LogP contribution in [0.3, 0.4) is 0 Å². The van der Waals surface area contributed by atoms with Gasteiger partial charge in [0.1, 0.15) is 6.04 Å². The van der Waals surface area contributed by atoms with Crippen molar-refractivity contribution in [3.63, 3.8) is 0 Å². The average Bonchev–Trinajstić information content (AvgIpc) is 2.76. The van der Waals surface area contributed by atoms with Crippen molar-refractivity contribution in [1.82, 2.24) is 4.90 Å². The summed E-state index contributed by atoms with van der Waals surface area (Å²) in [6.07, 6.45) is 1.03. The third-order valence-corrected chi connectivity index (χ3v) is 3.43. The molecule has 88 valence electrons. The number of carbonyl (C=O) groups is 2. The van der Waals surface area contributed by atoms with Crippen molar-refractivity contribution in [2.75, 3.05) is 7.05 Å². The maximum Gasteiger partial charge on any atom is 0.326 e. The lowest BCUT2D eigenvalue weighted by molar-refractivity contribution is -0.148. The Morgan fingerprint density at radius 2 is 2.25 bits per heavy atom. The van der Waals surface area contributed by atoms with E-state index < -0.39 is 12.0 Å². The lowest BCUT2D eigenvalue weighted by Crippen LogP contribution is -2.40. The number of aryl methyl sites for hydroxylation is 1. The number of amides is 1. The van der Waals surface area contributed by atoms with Gasteiger partial charge in [-0.15, -0.1) is 11.3 Å². The van der Waals surface area contributed by atoms with Crippen LogP contribution in [0.2, 0.25) is 0 Å². The summed E-state index contributed by atoms with van der Waals surface area (Å²) < 4.78 is 0. The van der Waals surface area contributed by atoms with Gasteiger partial charge in [-0.2, -0.15) is 0 Å². The third kappa shape index (κ3) is 3.34. The van der Waals surface area contributed by atoms with E-state index in [0.717, 1.165) is 4.88 Å². The van der Waals surface area contributed by atoms with Crippen LogP contribution in [0, 0.1) is 0 Å². The monoisotopic (exact) mass is 241 g/mol. The fourth-order valence-electron chi connectivity index (χ4n) is 1.24. The van der Waals surface area contributed by atoms with Crippen molar-refractivity contribution in [3.05, 3.63) is 22.4 Å². The Morgan fingerprint density at radius 3 is 2.75 bits per heavy atom. The number of rotatable bonds is 5. The number of nitrogens with zero attached hydrogens (tertiary/aromatic N) is 1. The van der Waals surface area contributed by atoms with Gasteiger partial charge in [-0.1, -0.05) is 6.07 Å². The van der Waals surface area contributed by atoms with Gasteiger partial charge >= 0.3 is 5.97 Å². The molecule has 1 aromatic heterocycles. The summed E-state index contributed by atoms with van der Waals surface area (Å²) in [6, 6.07) is 3.14. The van der Waals surface area contributed by atoms with Crippen LogP contribution >= 0.6 is 11.3 Å². The number of carboxylic acids is 1.